The molecule has 0 aliphatic rings. The maximum absolute atomic E-state index is 10.9. The Labute approximate surface area is 183 Å². The van der Waals surface area contributed by atoms with Crippen LogP contribution in [0.4, 0.5) is 0 Å². The van der Waals surface area contributed by atoms with Crippen LogP contribution in [0.2, 0.25) is 0 Å². The summed E-state index contributed by atoms with van der Waals surface area (Å²) in [5.74, 6) is 0.379. The Bertz CT molecular complexity index is 1140. The Balaban J connectivity index is 1.82. The number of benzene rings is 3. The summed E-state index contributed by atoms with van der Waals surface area (Å²) in [5, 5.41) is 30.2. The summed E-state index contributed by atoms with van der Waals surface area (Å²) in [6.45, 7) is 1.88. The second-order valence-electron chi connectivity index (χ2n) is 6.32. The molecule has 0 spiro atoms. The molecule has 5 nitrogen and oxygen atoms in total. The lowest BCUT2D eigenvalue weighted by Gasteiger charge is -2.13. The molecule has 1 heterocycles. The summed E-state index contributed by atoms with van der Waals surface area (Å²) >= 11 is 4.44. The van der Waals surface area contributed by atoms with Crippen LogP contribution in [0.1, 0.15) is 16.7 Å². The highest BCUT2D eigenvalue weighted by Gasteiger charge is 2.16. The van der Waals surface area contributed by atoms with E-state index in [9.17, 15) is 10.2 Å². The number of fused-ring (bicyclic) bond motifs is 1. The van der Waals surface area contributed by atoms with Crippen LogP contribution in [0.5, 0.6) is 11.5 Å². The second kappa shape index (κ2) is 7.27. The molecule has 0 saturated heterocycles. The summed E-state index contributed by atoms with van der Waals surface area (Å²) < 4.78 is 2.00. The fourth-order valence-electron chi connectivity index (χ4n) is 3.04. The van der Waals surface area contributed by atoms with Gasteiger partial charge in [0.15, 0.2) is 0 Å². The SMILES string of the molecule is Cc1cc(I)cc(Cc2cc(I)cc(-n3nc4ccccc4n3)c2O)c1O. The Morgan fingerprint density at radius 2 is 1.41 bits per heavy atom. The van der Waals surface area contributed by atoms with Crippen LogP contribution in [0.15, 0.2) is 48.5 Å². The summed E-state index contributed by atoms with van der Waals surface area (Å²) in [7, 11) is 0. The van der Waals surface area contributed by atoms with Crippen molar-refractivity contribution in [2.45, 2.75) is 13.3 Å². The van der Waals surface area contributed by atoms with Gasteiger partial charge in [-0.25, -0.2) is 0 Å². The fourth-order valence-corrected chi connectivity index (χ4v) is 4.55. The molecule has 0 fully saturated rings. The standard InChI is InChI=1S/C20H15I2N3O2/c1-11-6-14(21)8-12(19(11)26)7-13-9-15(22)10-18(20(13)27)25-23-16-4-2-3-5-17(16)24-25/h2-6,8-10,26-27H,7H2,1H3. The van der Waals surface area contributed by atoms with Crippen LogP contribution in [0.3, 0.4) is 0 Å². The predicted molar refractivity (Wildman–Crippen MR) is 122 cm³/mol. The summed E-state index contributed by atoms with van der Waals surface area (Å²) in [6.07, 6.45) is 0.417. The molecule has 0 aliphatic carbocycles. The summed E-state index contributed by atoms with van der Waals surface area (Å²) in [4.78, 5) is 1.46. The van der Waals surface area contributed by atoms with Crippen LogP contribution in [-0.4, -0.2) is 25.2 Å². The van der Waals surface area contributed by atoms with E-state index in [0.717, 1.165) is 34.9 Å². The van der Waals surface area contributed by atoms with E-state index in [-0.39, 0.29) is 11.5 Å². The minimum absolute atomic E-state index is 0.117. The van der Waals surface area contributed by atoms with Crippen molar-refractivity contribution >= 4 is 56.2 Å². The number of aryl methyl sites for hydroxylation is 1. The van der Waals surface area contributed by atoms with Crippen molar-refractivity contribution in [3.05, 3.63) is 72.4 Å². The number of phenols is 2. The van der Waals surface area contributed by atoms with Gasteiger partial charge in [-0.15, -0.1) is 15.0 Å². The molecule has 0 radical (unpaired) electrons. The van der Waals surface area contributed by atoms with Crippen molar-refractivity contribution in [2.24, 2.45) is 0 Å². The zero-order chi connectivity index (χ0) is 19.1. The third kappa shape index (κ3) is 3.62. The normalized spacial score (nSPS) is 11.2. The van der Waals surface area contributed by atoms with Gasteiger partial charge in [0.2, 0.25) is 0 Å². The fraction of sp³-hybridized carbons (Fsp3) is 0.100. The number of rotatable bonds is 3. The molecule has 136 valence electrons. The number of aromatic nitrogens is 3. The topological polar surface area (TPSA) is 71.2 Å². The van der Waals surface area contributed by atoms with Gasteiger partial charge in [0.25, 0.3) is 0 Å². The van der Waals surface area contributed by atoms with E-state index < -0.39 is 0 Å². The molecular formula is C20H15I2N3O2. The Morgan fingerprint density at radius 3 is 2.04 bits per heavy atom. The minimum atomic E-state index is 0.117. The van der Waals surface area contributed by atoms with Gasteiger partial charge in [-0.3, -0.25) is 0 Å². The molecule has 0 aliphatic heterocycles. The quantitative estimate of drug-likeness (QED) is 0.336. The molecule has 27 heavy (non-hydrogen) atoms. The number of aromatic hydroxyl groups is 2. The first-order valence-electron chi connectivity index (χ1n) is 8.24. The zero-order valence-corrected chi connectivity index (χ0v) is 18.6. The average molecular weight is 583 g/mol. The van der Waals surface area contributed by atoms with Crippen molar-refractivity contribution in [1.29, 1.82) is 0 Å². The highest BCUT2D eigenvalue weighted by Crippen LogP contribution is 2.33. The number of hydrogen-bond donors (Lipinski definition) is 2. The molecule has 3 aromatic carbocycles. The second-order valence-corrected chi connectivity index (χ2v) is 8.81. The Kier molecular flexibility index (Phi) is 4.97. The first-order chi connectivity index (χ1) is 12.9. The molecule has 2 N–H and O–H groups in total. The number of nitrogens with zero attached hydrogens (tertiary/aromatic N) is 3. The van der Waals surface area contributed by atoms with Crippen LogP contribution >= 0.6 is 45.2 Å². The van der Waals surface area contributed by atoms with Crippen molar-refractivity contribution < 1.29 is 10.2 Å². The average Bonchev–Trinajstić information content (AvgIpc) is 3.05. The van der Waals surface area contributed by atoms with Crippen molar-refractivity contribution in [2.75, 3.05) is 0 Å². The molecule has 4 aromatic rings. The van der Waals surface area contributed by atoms with E-state index in [4.69, 9.17) is 0 Å². The molecule has 0 saturated carbocycles. The molecule has 1 aromatic heterocycles. The third-order valence-corrected chi connectivity index (χ3v) is 5.61. The lowest BCUT2D eigenvalue weighted by Crippen LogP contribution is -2.02. The molecule has 0 unspecified atom stereocenters. The maximum Gasteiger partial charge on any atom is 0.146 e. The third-order valence-electron chi connectivity index (χ3n) is 4.36. The lowest BCUT2D eigenvalue weighted by molar-refractivity contribution is 0.456. The van der Waals surface area contributed by atoms with Gasteiger partial charge in [-0.1, -0.05) is 12.1 Å². The van der Waals surface area contributed by atoms with E-state index >= 15 is 0 Å². The Morgan fingerprint density at radius 1 is 0.852 bits per heavy atom. The molecule has 0 bridgehead atoms. The highest BCUT2D eigenvalue weighted by molar-refractivity contribution is 14.1. The molecule has 7 heteroatoms. The van der Waals surface area contributed by atoms with Gasteiger partial charge in [0, 0.05) is 19.1 Å². The first kappa shape index (κ1) is 18.5. The van der Waals surface area contributed by atoms with Crippen molar-refractivity contribution in [3.8, 4) is 17.2 Å². The van der Waals surface area contributed by atoms with E-state index in [1.807, 2.05) is 55.5 Å². The van der Waals surface area contributed by atoms with Crippen molar-refractivity contribution in [1.82, 2.24) is 15.0 Å². The van der Waals surface area contributed by atoms with Gasteiger partial charge in [-0.05, 0) is 99.6 Å². The van der Waals surface area contributed by atoms with Gasteiger partial charge < -0.3 is 10.2 Å². The van der Waals surface area contributed by atoms with Crippen molar-refractivity contribution in [3.63, 3.8) is 0 Å². The van der Waals surface area contributed by atoms with Gasteiger partial charge in [0.1, 0.15) is 28.2 Å². The number of phenolic OH excluding ortho intramolecular Hbond substituents is 2. The highest BCUT2D eigenvalue weighted by atomic mass is 127. The molecule has 0 atom stereocenters. The van der Waals surface area contributed by atoms with E-state index in [2.05, 4.69) is 55.4 Å². The maximum atomic E-state index is 10.9. The summed E-state index contributed by atoms with van der Waals surface area (Å²) in [6, 6.07) is 15.2. The predicted octanol–water partition coefficient (Wildman–Crippen LogP) is 4.94. The van der Waals surface area contributed by atoms with Gasteiger partial charge in [-0.2, -0.15) is 0 Å². The van der Waals surface area contributed by atoms with Crippen LogP contribution in [0.25, 0.3) is 16.7 Å². The van der Waals surface area contributed by atoms with Gasteiger partial charge in [0.05, 0.1) is 0 Å². The largest absolute Gasteiger partial charge is 0.507 e. The lowest BCUT2D eigenvalue weighted by atomic mass is 10.0. The number of halogens is 2. The monoisotopic (exact) mass is 583 g/mol. The van der Waals surface area contributed by atoms with E-state index in [1.165, 1.54) is 4.80 Å². The minimum Gasteiger partial charge on any atom is -0.507 e. The molecule has 4 rings (SSSR count). The van der Waals surface area contributed by atoms with E-state index in [1.54, 1.807) is 0 Å². The van der Waals surface area contributed by atoms with Crippen LogP contribution in [-0.2, 0) is 6.42 Å². The summed E-state index contributed by atoms with van der Waals surface area (Å²) in [5.41, 5.74) is 4.37. The van der Waals surface area contributed by atoms with Gasteiger partial charge >= 0.3 is 0 Å². The first-order valence-corrected chi connectivity index (χ1v) is 10.4. The Hall–Kier alpha value is -1.88. The van der Waals surface area contributed by atoms with E-state index in [0.29, 0.717) is 12.1 Å². The zero-order valence-electron chi connectivity index (χ0n) is 14.3. The molecule has 0 amide bonds. The van der Waals surface area contributed by atoms with Crippen LogP contribution in [0, 0.1) is 14.1 Å². The molecular weight excluding hydrogens is 568 g/mol. The number of hydrogen-bond acceptors (Lipinski definition) is 4. The smallest absolute Gasteiger partial charge is 0.146 e. The van der Waals surface area contributed by atoms with Crippen LogP contribution < -0.4 is 0 Å².